The highest BCUT2D eigenvalue weighted by Crippen LogP contribution is 2.14. The van der Waals surface area contributed by atoms with Gasteiger partial charge in [-0.2, -0.15) is 0 Å². The van der Waals surface area contributed by atoms with E-state index < -0.39 is 0 Å². The summed E-state index contributed by atoms with van der Waals surface area (Å²) in [4.78, 5) is 1.33. The molecule has 62 valence electrons. The van der Waals surface area contributed by atoms with Gasteiger partial charge in [-0.15, -0.1) is 11.3 Å². The maximum atomic E-state index is 5.39. The Balaban J connectivity index is 2.27. The van der Waals surface area contributed by atoms with Crippen molar-refractivity contribution in [2.45, 2.75) is 26.9 Å². The van der Waals surface area contributed by atoms with Crippen molar-refractivity contribution in [3.63, 3.8) is 0 Å². The Labute approximate surface area is 72.0 Å². The first-order chi connectivity index (χ1) is 5.33. The van der Waals surface area contributed by atoms with E-state index in [1.54, 1.807) is 11.3 Å². The highest BCUT2D eigenvalue weighted by molar-refractivity contribution is 7.10. The van der Waals surface area contributed by atoms with Gasteiger partial charge < -0.3 is 4.74 Å². The van der Waals surface area contributed by atoms with E-state index in [1.165, 1.54) is 10.4 Å². The van der Waals surface area contributed by atoms with Gasteiger partial charge >= 0.3 is 0 Å². The van der Waals surface area contributed by atoms with Crippen LogP contribution in [0.1, 0.15) is 23.8 Å². The van der Waals surface area contributed by atoms with Crippen LogP contribution in [0, 0.1) is 6.92 Å². The van der Waals surface area contributed by atoms with Crippen LogP contribution in [0.4, 0.5) is 0 Å². The molecule has 0 N–H and O–H groups in total. The van der Waals surface area contributed by atoms with Crippen LogP contribution in [0.5, 0.6) is 0 Å². The predicted molar refractivity (Wildman–Crippen MR) is 49.0 cm³/mol. The number of aryl methyl sites for hydroxylation is 1. The molecule has 0 unspecified atom stereocenters. The number of hydrogen-bond donors (Lipinski definition) is 0. The molecule has 0 aliphatic carbocycles. The van der Waals surface area contributed by atoms with Gasteiger partial charge in [0.2, 0.25) is 0 Å². The molecule has 0 saturated heterocycles. The van der Waals surface area contributed by atoms with Crippen LogP contribution in [0.25, 0.3) is 0 Å². The summed E-state index contributed by atoms with van der Waals surface area (Å²) in [6, 6.07) is 2.18. The summed E-state index contributed by atoms with van der Waals surface area (Å²) in [6.45, 7) is 5.89. The van der Waals surface area contributed by atoms with Gasteiger partial charge in [-0.25, -0.2) is 0 Å². The number of thiophene rings is 1. The fourth-order valence-corrected chi connectivity index (χ4v) is 1.69. The largest absolute Gasteiger partial charge is 0.376 e. The maximum absolute atomic E-state index is 5.39. The normalized spacial score (nSPS) is 10.4. The van der Waals surface area contributed by atoms with Gasteiger partial charge in [-0.3, -0.25) is 0 Å². The molecule has 0 amide bonds. The van der Waals surface area contributed by atoms with Crippen molar-refractivity contribution in [1.82, 2.24) is 0 Å². The summed E-state index contributed by atoms with van der Waals surface area (Å²) in [6.07, 6.45) is 1.10. The monoisotopic (exact) mass is 170 g/mol. The molecular formula is C9H14OS. The molecule has 0 atom stereocenters. The molecule has 11 heavy (non-hydrogen) atoms. The standard InChI is InChI=1S/C9H14OS/c1-3-4-10-6-9-5-8(2)7-11-9/h5,7H,3-4,6H2,1-2H3. The van der Waals surface area contributed by atoms with E-state index in [2.05, 4.69) is 25.3 Å². The first-order valence-electron chi connectivity index (χ1n) is 3.94. The van der Waals surface area contributed by atoms with Crippen molar-refractivity contribution in [2.75, 3.05) is 6.61 Å². The van der Waals surface area contributed by atoms with Gasteiger partial charge in [0, 0.05) is 11.5 Å². The molecule has 0 aliphatic rings. The summed E-state index contributed by atoms with van der Waals surface area (Å²) in [5, 5.41) is 2.16. The minimum Gasteiger partial charge on any atom is -0.376 e. The highest BCUT2D eigenvalue weighted by Gasteiger charge is 1.94. The zero-order valence-electron chi connectivity index (χ0n) is 7.09. The Kier molecular flexibility index (Phi) is 3.60. The first-order valence-corrected chi connectivity index (χ1v) is 4.82. The van der Waals surface area contributed by atoms with Crippen molar-refractivity contribution in [3.05, 3.63) is 21.9 Å². The lowest BCUT2D eigenvalue weighted by atomic mass is 10.3. The minimum absolute atomic E-state index is 0.784. The van der Waals surface area contributed by atoms with Crippen LogP contribution in [0.15, 0.2) is 11.4 Å². The lowest BCUT2D eigenvalue weighted by Gasteiger charge is -1.97. The average molecular weight is 170 g/mol. The molecule has 0 aliphatic heterocycles. The van der Waals surface area contributed by atoms with Crippen molar-refractivity contribution in [3.8, 4) is 0 Å². The third kappa shape index (κ3) is 3.04. The quantitative estimate of drug-likeness (QED) is 0.631. The second kappa shape index (κ2) is 4.52. The summed E-state index contributed by atoms with van der Waals surface area (Å²) in [7, 11) is 0. The second-order valence-electron chi connectivity index (χ2n) is 2.64. The van der Waals surface area contributed by atoms with Crippen LogP contribution in [-0.4, -0.2) is 6.61 Å². The molecular weight excluding hydrogens is 156 g/mol. The van der Waals surface area contributed by atoms with E-state index in [1.807, 2.05) is 0 Å². The Morgan fingerprint density at radius 3 is 2.91 bits per heavy atom. The van der Waals surface area contributed by atoms with E-state index in [4.69, 9.17) is 4.74 Å². The molecule has 2 heteroatoms. The van der Waals surface area contributed by atoms with Gasteiger partial charge in [0.1, 0.15) is 0 Å². The van der Waals surface area contributed by atoms with Crippen LogP contribution >= 0.6 is 11.3 Å². The van der Waals surface area contributed by atoms with Gasteiger partial charge in [-0.05, 0) is 30.4 Å². The summed E-state index contributed by atoms with van der Waals surface area (Å²) < 4.78 is 5.39. The van der Waals surface area contributed by atoms with E-state index in [0.29, 0.717) is 0 Å². The molecule has 1 rings (SSSR count). The van der Waals surface area contributed by atoms with Crippen molar-refractivity contribution >= 4 is 11.3 Å². The van der Waals surface area contributed by atoms with Gasteiger partial charge in [0.05, 0.1) is 6.61 Å². The fraction of sp³-hybridized carbons (Fsp3) is 0.556. The molecule has 0 radical (unpaired) electrons. The SMILES string of the molecule is CCCOCc1cc(C)cs1. The highest BCUT2D eigenvalue weighted by atomic mass is 32.1. The summed E-state index contributed by atoms with van der Waals surface area (Å²) in [5.74, 6) is 0. The predicted octanol–water partition coefficient (Wildman–Crippen LogP) is 2.98. The van der Waals surface area contributed by atoms with Crippen LogP contribution in [0.2, 0.25) is 0 Å². The smallest absolute Gasteiger partial charge is 0.0809 e. The molecule has 0 aromatic carbocycles. The van der Waals surface area contributed by atoms with Crippen molar-refractivity contribution in [2.24, 2.45) is 0 Å². The topological polar surface area (TPSA) is 9.23 Å². The molecule has 0 fully saturated rings. The zero-order valence-corrected chi connectivity index (χ0v) is 7.91. The molecule has 1 heterocycles. The first kappa shape index (κ1) is 8.75. The van der Waals surface area contributed by atoms with E-state index in [9.17, 15) is 0 Å². The fourth-order valence-electron chi connectivity index (χ4n) is 0.883. The average Bonchev–Trinajstić information content (AvgIpc) is 2.37. The molecule has 1 nitrogen and oxygen atoms in total. The molecule has 0 saturated carbocycles. The van der Waals surface area contributed by atoms with Crippen LogP contribution < -0.4 is 0 Å². The lowest BCUT2D eigenvalue weighted by molar-refractivity contribution is 0.123. The Morgan fingerprint density at radius 2 is 2.36 bits per heavy atom. The van der Waals surface area contributed by atoms with Gasteiger partial charge in [0.25, 0.3) is 0 Å². The van der Waals surface area contributed by atoms with E-state index in [-0.39, 0.29) is 0 Å². The van der Waals surface area contributed by atoms with Gasteiger partial charge in [-0.1, -0.05) is 6.92 Å². The van der Waals surface area contributed by atoms with E-state index in [0.717, 1.165) is 19.6 Å². The molecule has 1 aromatic rings. The lowest BCUT2D eigenvalue weighted by Crippen LogP contribution is -1.90. The van der Waals surface area contributed by atoms with Crippen LogP contribution in [0.3, 0.4) is 0 Å². The molecule has 1 aromatic heterocycles. The van der Waals surface area contributed by atoms with Crippen molar-refractivity contribution in [1.29, 1.82) is 0 Å². The second-order valence-corrected chi connectivity index (χ2v) is 3.64. The Hall–Kier alpha value is -0.340. The zero-order chi connectivity index (χ0) is 8.10. The molecule has 0 spiro atoms. The summed E-state index contributed by atoms with van der Waals surface area (Å²) >= 11 is 1.77. The number of ether oxygens (including phenoxy) is 1. The number of hydrogen-bond acceptors (Lipinski definition) is 2. The third-order valence-corrected chi connectivity index (χ3v) is 2.41. The maximum Gasteiger partial charge on any atom is 0.0809 e. The van der Waals surface area contributed by atoms with Crippen LogP contribution in [-0.2, 0) is 11.3 Å². The summed E-state index contributed by atoms with van der Waals surface area (Å²) in [5.41, 5.74) is 1.34. The number of rotatable bonds is 4. The third-order valence-electron chi connectivity index (χ3n) is 1.38. The van der Waals surface area contributed by atoms with Crippen molar-refractivity contribution < 1.29 is 4.74 Å². The van der Waals surface area contributed by atoms with E-state index >= 15 is 0 Å². The minimum atomic E-state index is 0.784. The Morgan fingerprint density at radius 1 is 1.55 bits per heavy atom. The van der Waals surface area contributed by atoms with Gasteiger partial charge in [0.15, 0.2) is 0 Å². The Bertz CT molecular complexity index is 205. The molecule has 0 bridgehead atoms.